The van der Waals surface area contributed by atoms with Crippen LogP contribution >= 0.6 is 0 Å². The third kappa shape index (κ3) is 2.67. The van der Waals surface area contributed by atoms with Crippen LogP contribution in [0, 0.1) is 0 Å². The van der Waals surface area contributed by atoms with Gasteiger partial charge in [-0.05, 0) is 13.4 Å². The van der Waals surface area contributed by atoms with Gasteiger partial charge in [0.05, 0.1) is 6.04 Å². The Hall–Kier alpha value is -1.15. The van der Waals surface area contributed by atoms with Gasteiger partial charge >= 0.3 is 0 Å². The Labute approximate surface area is 89.5 Å². The van der Waals surface area contributed by atoms with Crippen molar-refractivity contribution in [1.82, 2.24) is 5.32 Å². The minimum absolute atomic E-state index is 0.163. The summed E-state index contributed by atoms with van der Waals surface area (Å²) in [4.78, 5) is 12.1. The van der Waals surface area contributed by atoms with Crippen molar-refractivity contribution >= 4 is 5.78 Å². The van der Waals surface area contributed by atoms with Gasteiger partial charge in [-0.25, -0.2) is 0 Å². The summed E-state index contributed by atoms with van der Waals surface area (Å²) in [6, 6.07) is 8.12. The molecule has 0 saturated heterocycles. The van der Waals surface area contributed by atoms with Gasteiger partial charge < -0.3 is 5.32 Å². The van der Waals surface area contributed by atoms with Crippen LogP contribution in [0.1, 0.15) is 34.2 Å². The van der Waals surface area contributed by atoms with E-state index >= 15 is 0 Å². The van der Waals surface area contributed by atoms with Crippen LogP contribution in [0.3, 0.4) is 0 Å². The molecule has 0 aliphatic carbocycles. The minimum atomic E-state index is -2.29. The van der Waals surface area contributed by atoms with Crippen molar-refractivity contribution in [2.75, 3.05) is 6.98 Å². The van der Waals surface area contributed by atoms with Gasteiger partial charge in [-0.3, -0.25) is 4.79 Å². The monoisotopic (exact) mass is 195 g/mol. The summed E-state index contributed by atoms with van der Waals surface area (Å²) in [6.45, 7) is -0.364. The zero-order valence-corrected chi connectivity index (χ0v) is 8.29. The quantitative estimate of drug-likeness (QED) is 0.576. The molecule has 0 amide bonds. The molecule has 1 N–H and O–H groups in total. The zero-order chi connectivity index (χ0) is 12.9. The normalized spacial score (nSPS) is 16.5. The maximum atomic E-state index is 12.1. The fraction of sp³-hybridized carbons (Fsp3) is 0.417. The van der Waals surface area contributed by atoms with Gasteiger partial charge in [0.2, 0.25) is 0 Å². The van der Waals surface area contributed by atoms with Gasteiger partial charge in [-0.15, -0.1) is 0 Å². The molecule has 0 heterocycles. The van der Waals surface area contributed by atoms with Gasteiger partial charge in [0, 0.05) is 9.68 Å². The Morgan fingerprint density at radius 1 is 1.50 bits per heavy atom. The van der Waals surface area contributed by atoms with Crippen LogP contribution in [0.15, 0.2) is 30.3 Å². The summed E-state index contributed by atoms with van der Waals surface area (Å²) in [6.07, 6.45) is 1.28. The second kappa shape index (κ2) is 5.55. The lowest BCUT2D eigenvalue weighted by molar-refractivity contribution is 0.0942. The topological polar surface area (TPSA) is 29.1 Å². The molecule has 1 aromatic carbocycles. The van der Waals surface area contributed by atoms with E-state index in [4.69, 9.17) is 4.11 Å². The van der Waals surface area contributed by atoms with E-state index in [1.165, 1.54) is 0 Å². The Kier molecular flexibility index (Phi) is 2.85. The van der Waals surface area contributed by atoms with Gasteiger partial charge in [0.1, 0.15) is 0 Å². The van der Waals surface area contributed by atoms with Crippen LogP contribution in [0.4, 0.5) is 0 Å². The average molecular weight is 195 g/mol. The summed E-state index contributed by atoms with van der Waals surface area (Å²) >= 11 is 0. The molecule has 1 unspecified atom stereocenters. The van der Waals surface area contributed by atoms with Crippen LogP contribution in [0.2, 0.25) is 0 Å². The largest absolute Gasteiger partial charge is 0.310 e. The molecule has 2 heteroatoms. The van der Waals surface area contributed by atoms with Gasteiger partial charge in [-0.2, -0.15) is 0 Å². The van der Waals surface area contributed by atoms with E-state index in [1.807, 2.05) is 13.0 Å². The number of ketones is 1. The number of carbonyl (C=O) groups excluding carboxylic acids is 1. The van der Waals surface area contributed by atoms with Crippen LogP contribution in [-0.4, -0.2) is 18.8 Å². The third-order valence-electron chi connectivity index (χ3n) is 2.13. The summed E-state index contributed by atoms with van der Waals surface area (Å²) in [5, 5.41) is 2.41. The average Bonchev–Trinajstić information content (AvgIpc) is 2.27. The molecular formula is C12H17NO. The van der Waals surface area contributed by atoms with Crippen molar-refractivity contribution in [3.63, 3.8) is 0 Å². The Morgan fingerprint density at radius 2 is 2.21 bits per heavy atom. The van der Waals surface area contributed by atoms with E-state index in [-0.39, 0.29) is 5.78 Å². The Bertz CT molecular complexity index is 362. The van der Waals surface area contributed by atoms with Gasteiger partial charge in [-0.1, -0.05) is 43.7 Å². The maximum absolute atomic E-state index is 12.1. The van der Waals surface area contributed by atoms with E-state index in [0.717, 1.165) is 6.42 Å². The van der Waals surface area contributed by atoms with E-state index < -0.39 is 13.0 Å². The molecule has 0 spiro atoms. The van der Waals surface area contributed by atoms with Crippen LogP contribution in [0.25, 0.3) is 0 Å². The van der Waals surface area contributed by atoms with Crippen molar-refractivity contribution in [2.24, 2.45) is 0 Å². The SMILES string of the molecule is [2H][13C]([2H])([2H])NC(CCC)C(=O)c1ccccc1. The maximum Gasteiger partial charge on any atom is 0.179 e. The van der Waals surface area contributed by atoms with Gasteiger partial charge in [0.25, 0.3) is 0 Å². The third-order valence-corrected chi connectivity index (χ3v) is 2.13. The predicted molar refractivity (Wildman–Crippen MR) is 58.5 cm³/mol. The standard InChI is InChI=1S/C12H17NO/c1-3-7-11(13-2)12(14)10-8-5-4-6-9-10/h4-6,8-9,11,13H,3,7H2,1-2H3/i2+1D3. The predicted octanol–water partition coefficient (Wildman–Crippen LogP) is 2.26. The van der Waals surface area contributed by atoms with E-state index in [2.05, 4.69) is 5.32 Å². The molecular weight excluding hydrogens is 175 g/mol. The van der Waals surface area contributed by atoms with Gasteiger partial charge in [0.15, 0.2) is 5.78 Å². The molecule has 0 saturated carbocycles. The highest BCUT2D eigenvalue weighted by atomic mass is 16.1. The second-order valence-electron chi connectivity index (χ2n) is 3.22. The first kappa shape index (κ1) is 7.18. The molecule has 0 aromatic heterocycles. The number of hydrogen-bond acceptors (Lipinski definition) is 2. The first-order valence-corrected chi connectivity index (χ1v) is 4.81. The molecule has 0 radical (unpaired) electrons. The summed E-state index contributed by atoms with van der Waals surface area (Å²) in [5.41, 5.74) is 0.544. The van der Waals surface area contributed by atoms with E-state index in [0.29, 0.717) is 12.0 Å². The molecule has 76 valence electrons. The smallest absolute Gasteiger partial charge is 0.179 e. The lowest BCUT2D eigenvalue weighted by Crippen LogP contribution is -2.33. The number of rotatable bonds is 5. The summed E-state index contributed by atoms with van der Waals surface area (Å²) in [7, 11) is 0. The fourth-order valence-corrected chi connectivity index (χ4v) is 1.36. The molecule has 0 bridgehead atoms. The van der Waals surface area contributed by atoms with Crippen molar-refractivity contribution in [2.45, 2.75) is 25.8 Å². The number of Topliss-reactive ketones (excluding diaryl/α,β-unsaturated/α-hetero) is 1. The fourth-order valence-electron chi connectivity index (χ4n) is 1.36. The van der Waals surface area contributed by atoms with Crippen LogP contribution in [0.5, 0.6) is 0 Å². The van der Waals surface area contributed by atoms with Crippen LogP contribution in [-0.2, 0) is 0 Å². The van der Waals surface area contributed by atoms with Crippen molar-refractivity contribution in [3.8, 4) is 0 Å². The van der Waals surface area contributed by atoms with E-state index in [9.17, 15) is 4.79 Å². The molecule has 1 aromatic rings. The molecule has 0 aliphatic rings. The highest BCUT2D eigenvalue weighted by Gasteiger charge is 2.16. The molecule has 0 aliphatic heterocycles. The van der Waals surface area contributed by atoms with Crippen molar-refractivity contribution < 1.29 is 8.91 Å². The lowest BCUT2D eigenvalue weighted by Gasteiger charge is -2.13. The number of hydrogen-bond donors (Lipinski definition) is 1. The number of benzene rings is 1. The first-order chi connectivity index (χ1) is 7.94. The summed E-state index contributed by atoms with van der Waals surface area (Å²) in [5.74, 6) is -0.163. The number of likely N-dealkylation sites (N-methyl/N-ethyl adjacent to an activating group) is 1. The molecule has 0 fully saturated rings. The summed E-state index contributed by atoms with van der Waals surface area (Å²) < 4.78 is 21.5. The number of carbonyl (C=O) groups is 1. The Morgan fingerprint density at radius 3 is 2.79 bits per heavy atom. The minimum Gasteiger partial charge on any atom is -0.310 e. The Balaban J connectivity index is 2.81. The molecule has 14 heavy (non-hydrogen) atoms. The highest BCUT2D eigenvalue weighted by molar-refractivity contribution is 6.00. The molecule has 2 nitrogen and oxygen atoms in total. The lowest BCUT2D eigenvalue weighted by atomic mass is 10.0. The van der Waals surface area contributed by atoms with E-state index in [1.54, 1.807) is 24.3 Å². The van der Waals surface area contributed by atoms with Crippen molar-refractivity contribution in [3.05, 3.63) is 35.9 Å². The number of nitrogens with one attached hydrogen (secondary N) is 1. The van der Waals surface area contributed by atoms with Crippen molar-refractivity contribution in [1.29, 1.82) is 0 Å². The second-order valence-corrected chi connectivity index (χ2v) is 3.22. The van der Waals surface area contributed by atoms with Crippen LogP contribution < -0.4 is 5.32 Å². The zero-order valence-electron chi connectivity index (χ0n) is 11.3. The molecule has 1 atom stereocenters. The first-order valence-electron chi connectivity index (χ1n) is 6.31. The highest BCUT2D eigenvalue weighted by Crippen LogP contribution is 2.07. The molecule has 1 rings (SSSR count).